The zero-order chi connectivity index (χ0) is 37.4. The molecule has 0 bridgehead atoms. The Kier molecular flexibility index (Phi) is 8.03. The van der Waals surface area contributed by atoms with E-state index in [0.717, 1.165) is 27.8 Å². The fourth-order valence-electron chi connectivity index (χ4n) is 8.54. The Balaban J connectivity index is 1.38. The topological polar surface area (TPSA) is 36.9 Å². The molecule has 4 nitrogen and oxygen atoms in total. The van der Waals surface area contributed by atoms with Crippen LogP contribution < -0.4 is 18.9 Å². The second kappa shape index (κ2) is 12.3. The molecule has 8 rings (SSSR count). The summed E-state index contributed by atoms with van der Waals surface area (Å²) < 4.78 is 23.8. The Morgan fingerprint density at radius 3 is 1.13 bits per heavy atom. The van der Waals surface area contributed by atoms with E-state index in [9.17, 15) is 0 Å². The predicted molar refractivity (Wildman–Crippen MR) is 217 cm³/mol. The van der Waals surface area contributed by atoms with Crippen molar-refractivity contribution >= 4 is 0 Å². The SMILES string of the molecule is COc1cc2c(cc1OC)C1(c3cc(-c4ccc(-c5ccc(C(C)(C)C)cc5)cc4)ccc3-2)c2cc(C(C)(C)C)ccc2-c2cc(OC)c(OC)cc21. The van der Waals surface area contributed by atoms with Crippen molar-refractivity contribution in [1.82, 2.24) is 0 Å². The average molecular weight is 701 g/mol. The maximum atomic E-state index is 5.99. The summed E-state index contributed by atoms with van der Waals surface area (Å²) in [6.07, 6.45) is 0. The Morgan fingerprint density at radius 1 is 0.340 bits per heavy atom. The molecule has 0 saturated carbocycles. The smallest absolute Gasteiger partial charge is 0.161 e. The second-order valence-corrected chi connectivity index (χ2v) is 16.4. The molecule has 53 heavy (non-hydrogen) atoms. The Hall–Kier alpha value is -5.48. The normalized spacial score (nSPS) is 15.4. The molecule has 1 spiro atoms. The summed E-state index contributed by atoms with van der Waals surface area (Å²) in [6, 6.07) is 40.5. The van der Waals surface area contributed by atoms with E-state index in [4.69, 9.17) is 18.9 Å². The molecule has 2 aliphatic rings. The molecule has 0 amide bonds. The minimum absolute atomic E-state index is 0.0566. The molecule has 1 unspecified atom stereocenters. The molecule has 1 atom stereocenters. The van der Waals surface area contributed by atoms with Gasteiger partial charge < -0.3 is 18.9 Å². The van der Waals surface area contributed by atoms with E-state index in [1.807, 2.05) is 0 Å². The first-order chi connectivity index (χ1) is 25.3. The molecule has 0 aromatic heterocycles. The van der Waals surface area contributed by atoms with Crippen molar-refractivity contribution < 1.29 is 18.9 Å². The van der Waals surface area contributed by atoms with Gasteiger partial charge >= 0.3 is 0 Å². The van der Waals surface area contributed by atoms with Crippen LogP contribution in [0.1, 0.15) is 74.9 Å². The lowest BCUT2D eigenvalue weighted by Crippen LogP contribution is -2.27. The van der Waals surface area contributed by atoms with Crippen LogP contribution in [0, 0.1) is 0 Å². The summed E-state index contributed by atoms with van der Waals surface area (Å²) in [5.74, 6) is 2.82. The zero-order valence-corrected chi connectivity index (χ0v) is 32.5. The first-order valence-electron chi connectivity index (χ1n) is 18.4. The minimum Gasteiger partial charge on any atom is -0.493 e. The molecule has 0 aliphatic heterocycles. The first-order valence-corrected chi connectivity index (χ1v) is 18.4. The summed E-state index contributed by atoms with van der Waals surface area (Å²) >= 11 is 0. The van der Waals surface area contributed by atoms with Gasteiger partial charge in [0.15, 0.2) is 23.0 Å². The van der Waals surface area contributed by atoms with Gasteiger partial charge in [0.1, 0.15) is 0 Å². The van der Waals surface area contributed by atoms with Gasteiger partial charge in [0.2, 0.25) is 0 Å². The molecule has 4 heteroatoms. The third kappa shape index (κ3) is 5.25. The molecule has 0 fully saturated rings. The van der Waals surface area contributed by atoms with E-state index in [0.29, 0.717) is 23.0 Å². The van der Waals surface area contributed by atoms with Gasteiger partial charge in [-0.2, -0.15) is 0 Å². The van der Waals surface area contributed by atoms with Crippen molar-refractivity contribution in [3.63, 3.8) is 0 Å². The molecule has 0 heterocycles. The van der Waals surface area contributed by atoms with Crippen molar-refractivity contribution in [1.29, 1.82) is 0 Å². The number of ether oxygens (including phenoxy) is 4. The largest absolute Gasteiger partial charge is 0.493 e. The van der Waals surface area contributed by atoms with Crippen LogP contribution >= 0.6 is 0 Å². The quantitative estimate of drug-likeness (QED) is 0.173. The third-order valence-corrected chi connectivity index (χ3v) is 11.5. The number of fused-ring (bicyclic) bond motifs is 10. The standard InChI is InChI=1S/C49H48O4/c1-47(2,3)33-18-15-30(16-19-33)29-11-13-31(14-12-29)32-17-21-35-37-25-43(50-7)45(52-9)27-41(37)49(39(35)23-32)40-24-34(48(4,5)6)20-22-36(40)38-26-44(51-8)46(53-10)28-42(38)49/h11-28H,1-10H3. The molecule has 2 aliphatic carbocycles. The Morgan fingerprint density at radius 2 is 0.679 bits per heavy atom. The van der Waals surface area contributed by atoms with Crippen molar-refractivity contribution in [2.75, 3.05) is 28.4 Å². The van der Waals surface area contributed by atoms with Gasteiger partial charge in [0.05, 0.1) is 33.9 Å². The fourth-order valence-corrected chi connectivity index (χ4v) is 8.54. The molecule has 268 valence electrons. The average Bonchev–Trinajstić information content (AvgIpc) is 3.61. The first kappa shape index (κ1) is 34.6. The van der Waals surface area contributed by atoms with E-state index < -0.39 is 5.41 Å². The van der Waals surface area contributed by atoms with Gasteiger partial charge in [-0.3, -0.25) is 0 Å². The third-order valence-electron chi connectivity index (χ3n) is 11.5. The van der Waals surface area contributed by atoms with Gasteiger partial charge in [-0.25, -0.2) is 0 Å². The number of hydrogen-bond donors (Lipinski definition) is 0. The van der Waals surface area contributed by atoms with Crippen molar-refractivity contribution in [3.05, 3.63) is 143 Å². The van der Waals surface area contributed by atoms with E-state index >= 15 is 0 Å². The Labute approximate surface area is 314 Å². The van der Waals surface area contributed by atoms with Gasteiger partial charge in [-0.15, -0.1) is 0 Å². The van der Waals surface area contributed by atoms with Crippen LogP contribution in [0.25, 0.3) is 44.5 Å². The highest BCUT2D eigenvalue weighted by Gasteiger charge is 2.53. The molecule has 6 aromatic rings. The number of methoxy groups -OCH3 is 4. The second-order valence-electron chi connectivity index (χ2n) is 16.4. The maximum Gasteiger partial charge on any atom is 0.161 e. The zero-order valence-electron chi connectivity index (χ0n) is 32.5. The van der Waals surface area contributed by atoms with Crippen LogP contribution in [0.2, 0.25) is 0 Å². The molecular weight excluding hydrogens is 653 g/mol. The van der Waals surface area contributed by atoms with E-state index in [1.54, 1.807) is 28.4 Å². The van der Waals surface area contributed by atoms with E-state index in [1.165, 1.54) is 50.1 Å². The molecular formula is C49H48O4. The number of benzene rings is 6. The van der Waals surface area contributed by atoms with Crippen LogP contribution in [0.4, 0.5) is 0 Å². The lowest BCUT2D eigenvalue weighted by molar-refractivity contribution is 0.354. The van der Waals surface area contributed by atoms with Crippen LogP contribution in [0.15, 0.2) is 109 Å². The van der Waals surface area contributed by atoms with E-state index in [-0.39, 0.29) is 10.8 Å². The van der Waals surface area contributed by atoms with Crippen LogP contribution in [0.5, 0.6) is 23.0 Å². The van der Waals surface area contributed by atoms with Crippen LogP contribution in [-0.2, 0) is 16.2 Å². The van der Waals surface area contributed by atoms with Crippen LogP contribution in [-0.4, -0.2) is 28.4 Å². The summed E-state index contributed by atoms with van der Waals surface area (Å²) in [5.41, 5.74) is 16.2. The van der Waals surface area contributed by atoms with Crippen LogP contribution in [0.3, 0.4) is 0 Å². The molecule has 6 aromatic carbocycles. The number of rotatable bonds is 6. The molecule has 0 radical (unpaired) electrons. The van der Waals surface area contributed by atoms with Crippen molar-refractivity contribution in [2.24, 2.45) is 0 Å². The van der Waals surface area contributed by atoms with Crippen molar-refractivity contribution in [2.45, 2.75) is 57.8 Å². The fraction of sp³-hybridized carbons (Fsp3) is 0.265. The summed E-state index contributed by atoms with van der Waals surface area (Å²) in [4.78, 5) is 0. The monoisotopic (exact) mass is 700 g/mol. The maximum absolute atomic E-state index is 5.99. The van der Waals surface area contributed by atoms with Gasteiger partial charge in [0.25, 0.3) is 0 Å². The van der Waals surface area contributed by atoms with Crippen molar-refractivity contribution in [3.8, 4) is 67.5 Å². The van der Waals surface area contributed by atoms with Gasteiger partial charge in [0, 0.05) is 0 Å². The molecule has 0 saturated heterocycles. The van der Waals surface area contributed by atoms with E-state index in [2.05, 4.69) is 151 Å². The summed E-state index contributed by atoms with van der Waals surface area (Å²) in [6.45, 7) is 13.6. The summed E-state index contributed by atoms with van der Waals surface area (Å²) in [5, 5.41) is 0. The minimum atomic E-state index is -0.652. The van der Waals surface area contributed by atoms with Gasteiger partial charge in [-0.1, -0.05) is 120 Å². The Bertz CT molecular complexity index is 2370. The highest BCUT2D eigenvalue weighted by Crippen LogP contribution is 2.65. The molecule has 0 N–H and O–H groups in total. The summed E-state index contributed by atoms with van der Waals surface area (Å²) in [7, 11) is 6.83. The lowest BCUT2D eigenvalue weighted by Gasteiger charge is -2.32. The highest BCUT2D eigenvalue weighted by atomic mass is 16.5. The highest BCUT2D eigenvalue weighted by molar-refractivity contribution is 5.97. The van der Waals surface area contributed by atoms with Gasteiger partial charge in [-0.05, 0) is 119 Å². The number of hydrogen-bond acceptors (Lipinski definition) is 4. The lowest BCUT2D eigenvalue weighted by atomic mass is 9.69. The predicted octanol–water partition coefficient (Wildman–Crippen LogP) is 12.0.